The lowest BCUT2D eigenvalue weighted by Gasteiger charge is -2.34. The summed E-state index contributed by atoms with van der Waals surface area (Å²) in [6.07, 6.45) is 5.16. The molecule has 0 radical (unpaired) electrons. The maximum absolute atomic E-state index is 13.4. The Bertz CT molecular complexity index is 1330. The quantitative estimate of drug-likeness (QED) is 0.498. The molecule has 9 nitrogen and oxygen atoms in total. The van der Waals surface area contributed by atoms with E-state index >= 15 is 0 Å². The number of rotatable bonds is 6. The third kappa shape index (κ3) is 4.55. The number of fused-ring (bicyclic) bond motifs is 2. The second-order valence-corrected chi connectivity index (χ2v) is 10.8. The fourth-order valence-corrected chi connectivity index (χ4v) is 5.99. The SMILES string of the molecule is C=CCN1C(=O)C2=CNC(Nc3ccc(N4CCN(C)CC4)cc3)=NC2N1c1ccc2c(c1)[C@](O)(CC)CC2. The first-order valence-electron chi connectivity index (χ1n) is 13.8. The van der Waals surface area contributed by atoms with Crippen molar-refractivity contribution in [1.82, 2.24) is 15.2 Å². The maximum atomic E-state index is 13.4. The molecule has 0 saturated carbocycles. The highest BCUT2D eigenvalue weighted by molar-refractivity contribution is 6.04. The molecule has 204 valence electrons. The van der Waals surface area contributed by atoms with E-state index in [9.17, 15) is 9.90 Å². The molecular weight excluding hydrogens is 490 g/mol. The predicted molar refractivity (Wildman–Crippen MR) is 156 cm³/mol. The maximum Gasteiger partial charge on any atom is 0.274 e. The molecule has 6 rings (SSSR count). The summed E-state index contributed by atoms with van der Waals surface area (Å²) in [6.45, 7) is 10.4. The van der Waals surface area contributed by atoms with Crippen molar-refractivity contribution in [1.29, 1.82) is 0 Å². The van der Waals surface area contributed by atoms with E-state index < -0.39 is 11.8 Å². The Morgan fingerprint density at radius 1 is 1.15 bits per heavy atom. The van der Waals surface area contributed by atoms with Crippen LogP contribution >= 0.6 is 0 Å². The molecule has 3 heterocycles. The van der Waals surface area contributed by atoms with Crippen molar-refractivity contribution in [3.05, 3.63) is 78.0 Å². The number of benzene rings is 2. The summed E-state index contributed by atoms with van der Waals surface area (Å²) in [7, 11) is 2.16. The van der Waals surface area contributed by atoms with Gasteiger partial charge in [-0.1, -0.05) is 19.1 Å². The number of anilines is 3. The van der Waals surface area contributed by atoms with Gasteiger partial charge in [-0.05, 0) is 73.8 Å². The first kappa shape index (κ1) is 25.5. The monoisotopic (exact) mass is 527 g/mol. The number of guanidine groups is 1. The molecule has 0 aromatic heterocycles. The van der Waals surface area contributed by atoms with Gasteiger partial charge in [0.05, 0.1) is 23.4 Å². The molecule has 2 atom stereocenters. The highest BCUT2D eigenvalue weighted by atomic mass is 16.3. The molecule has 2 aromatic carbocycles. The van der Waals surface area contributed by atoms with Crippen LogP contribution in [-0.4, -0.2) is 72.8 Å². The molecular formula is C30H37N7O2. The number of nitrogens with zero attached hydrogens (tertiary/aromatic N) is 5. The molecule has 1 aliphatic carbocycles. The fourth-order valence-electron chi connectivity index (χ4n) is 5.99. The minimum Gasteiger partial charge on any atom is -0.385 e. The average molecular weight is 528 g/mol. The van der Waals surface area contributed by atoms with E-state index in [2.05, 4.69) is 64.4 Å². The van der Waals surface area contributed by atoms with Crippen molar-refractivity contribution in [2.75, 3.05) is 55.0 Å². The van der Waals surface area contributed by atoms with E-state index in [1.807, 2.05) is 24.1 Å². The van der Waals surface area contributed by atoms with E-state index in [-0.39, 0.29) is 5.91 Å². The fraction of sp³-hybridized carbons (Fsp3) is 0.400. The van der Waals surface area contributed by atoms with E-state index in [4.69, 9.17) is 4.99 Å². The lowest BCUT2D eigenvalue weighted by atomic mass is 9.93. The molecule has 1 unspecified atom stereocenters. The summed E-state index contributed by atoms with van der Waals surface area (Å²) < 4.78 is 0. The van der Waals surface area contributed by atoms with Gasteiger partial charge in [-0.2, -0.15) is 0 Å². The lowest BCUT2D eigenvalue weighted by molar-refractivity contribution is -0.124. The van der Waals surface area contributed by atoms with Gasteiger partial charge in [-0.15, -0.1) is 6.58 Å². The highest BCUT2D eigenvalue weighted by Gasteiger charge is 2.45. The zero-order valence-electron chi connectivity index (χ0n) is 22.7. The van der Waals surface area contributed by atoms with Crippen LogP contribution in [-0.2, 0) is 16.8 Å². The van der Waals surface area contributed by atoms with Gasteiger partial charge in [0.25, 0.3) is 5.91 Å². The number of nitrogens with one attached hydrogen (secondary N) is 2. The average Bonchev–Trinajstić information content (AvgIpc) is 3.43. The molecule has 0 spiro atoms. The van der Waals surface area contributed by atoms with Gasteiger partial charge in [-0.25, -0.2) is 10.0 Å². The number of hydrazine groups is 1. The van der Waals surface area contributed by atoms with Crippen molar-refractivity contribution < 1.29 is 9.90 Å². The molecule has 2 aromatic rings. The van der Waals surface area contributed by atoms with Crippen LogP contribution in [0.1, 0.15) is 30.9 Å². The third-order valence-electron chi connectivity index (χ3n) is 8.42. The molecule has 0 bridgehead atoms. The van der Waals surface area contributed by atoms with Gasteiger partial charge in [0.2, 0.25) is 5.96 Å². The Hall–Kier alpha value is -3.82. The molecule has 4 aliphatic rings. The minimum atomic E-state index is -0.836. The van der Waals surface area contributed by atoms with Crippen LogP contribution in [0.2, 0.25) is 0 Å². The van der Waals surface area contributed by atoms with Crippen LogP contribution in [0.4, 0.5) is 17.1 Å². The standard InChI is InChI=1S/C30H37N7O2/c1-4-14-36-28(38)25-20-31-29(32-22-7-10-23(11-8-22)35-17-15-34(3)16-18-35)33-27(25)37(36)24-9-6-21-12-13-30(39,5-2)26(21)19-24/h4,6-11,19-20,27,39H,1,5,12-18H2,2-3H3,(H2,31,32,33)/t27?,30-/m0/s1. The number of amides is 1. The summed E-state index contributed by atoms with van der Waals surface area (Å²) in [6, 6.07) is 14.5. The zero-order chi connectivity index (χ0) is 27.1. The van der Waals surface area contributed by atoms with Gasteiger partial charge >= 0.3 is 0 Å². The van der Waals surface area contributed by atoms with Crippen molar-refractivity contribution in [3.63, 3.8) is 0 Å². The molecule has 3 aliphatic heterocycles. The summed E-state index contributed by atoms with van der Waals surface area (Å²) >= 11 is 0. The second kappa shape index (κ2) is 10.1. The molecule has 9 heteroatoms. The molecule has 3 N–H and O–H groups in total. The first-order chi connectivity index (χ1) is 18.9. The van der Waals surface area contributed by atoms with Gasteiger partial charge in [0, 0.05) is 43.8 Å². The normalized spacial score (nSPS) is 24.6. The van der Waals surface area contributed by atoms with Crippen LogP contribution in [0.5, 0.6) is 0 Å². The van der Waals surface area contributed by atoms with Gasteiger partial charge < -0.3 is 25.5 Å². The largest absolute Gasteiger partial charge is 0.385 e. The number of likely N-dealkylation sites (N-methyl/N-ethyl adjacent to an activating group) is 1. The number of carbonyl (C=O) groups excluding carboxylic acids is 1. The Morgan fingerprint density at radius 2 is 1.90 bits per heavy atom. The molecule has 1 amide bonds. The Balaban J connectivity index is 1.26. The van der Waals surface area contributed by atoms with Crippen molar-refractivity contribution in [3.8, 4) is 0 Å². The van der Waals surface area contributed by atoms with Crippen LogP contribution in [0.3, 0.4) is 0 Å². The second-order valence-electron chi connectivity index (χ2n) is 10.8. The topological polar surface area (TPSA) is 86.7 Å². The summed E-state index contributed by atoms with van der Waals surface area (Å²) in [4.78, 5) is 23.1. The van der Waals surface area contributed by atoms with E-state index in [0.717, 1.165) is 61.5 Å². The van der Waals surface area contributed by atoms with Crippen LogP contribution in [0.15, 0.2) is 71.9 Å². The van der Waals surface area contributed by atoms with Gasteiger partial charge in [0.15, 0.2) is 6.17 Å². The van der Waals surface area contributed by atoms with Crippen LogP contribution in [0.25, 0.3) is 0 Å². The van der Waals surface area contributed by atoms with E-state index in [1.54, 1.807) is 17.3 Å². The smallest absolute Gasteiger partial charge is 0.274 e. The Kier molecular flexibility index (Phi) is 6.56. The highest BCUT2D eigenvalue weighted by Crippen LogP contribution is 2.42. The number of hydrogen-bond acceptors (Lipinski definition) is 8. The van der Waals surface area contributed by atoms with Crippen molar-refractivity contribution >= 4 is 28.9 Å². The zero-order valence-corrected chi connectivity index (χ0v) is 22.7. The lowest BCUT2D eigenvalue weighted by Crippen LogP contribution is -2.44. The minimum absolute atomic E-state index is 0.113. The van der Waals surface area contributed by atoms with Gasteiger partial charge in [0.1, 0.15) is 0 Å². The molecule has 39 heavy (non-hydrogen) atoms. The first-order valence-corrected chi connectivity index (χ1v) is 13.8. The van der Waals surface area contributed by atoms with Crippen molar-refractivity contribution in [2.24, 2.45) is 4.99 Å². The third-order valence-corrected chi connectivity index (χ3v) is 8.42. The number of piperazine rings is 1. The Labute approximate surface area is 230 Å². The van der Waals surface area contributed by atoms with Gasteiger partial charge in [-0.3, -0.25) is 9.80 Å². The van der Waals surface area contributed by atoms with E-state index in [1.165, 1.54) is 5.69 Å². The summed E-state index contributed by atoms with van der Waals surface area (Å²) in [5.41, 5.74) is 4.80. The predicted octanol–water partition coefficient (Wildman–Crippen LogP) is 3.01. The Morgan fingerprint density at radius 3 is 2.62 bits per heavy atom. The summed E-state index contributed by atoms with van der Waals surface area (Å²) in [5.74, 6) is 0.457. The number of aliphatic hydroxyl groups is 1. The molecule has 2 fully saturated rings. The van der Waals surface area contributed by atoms with Crippen LogP contribution in [0, 0.1) is 0 Å². The van der Waals surface area contributed by atoms with Crippen molar-refractivity contribution in [2.45, 2.75) is 38.0 Å². The number of hydrogen-bond donors (Lipinski definition) is 3. The number of carbonyl (C=O) groups is 1. The van der Waals surface area contributed by atoms with E-state index in [0.29, 0.717) is 24.5 Å². The summed E-state index contributed by atoms with van der Waals surface area (Å²) in [5, 5.41) is 21.4. The number of aliphatic imine (C=N–C) groups is 1. The number of aryl methyl sites for hydroxylation is 1. The van der Waals surface area contributed by atoms with Crippen LogP contribution < -0.4 is 20.5 Å². The molecule has 2 saturated heterocycles.